The smallest absolute Gasteiger partial charge is 0.416 e. The molecule has 0 saturated heterocycles. The van der Waals surface area contributed by atoms with Gasteiger partial charge in [-0.25, -0.2) is 4.79 Å². The van der Waals surface area contributed by atoms with Crippen LogP contribution in [0.15, 0.2) is 18.2 Å². The third-order valence-corrected chi connectivity index (χ3v) is 2.17. The molecule has 0 atom stereocenters. The van der Waals surface area contributed by atoms with E-state index in [1.807, 2.05) is 0 Å². The Kier molecular flexibility index (Phi) is 3.64. The lowest BCUT2D eigenvalue weighted by Crippen LogP contribution is -2.10. The lowest BCUT2D eigenvalue weighted by Gasteiger charge is -2.09. The lowest BCUT2D eigenvalue weighted by molar-refractivity contribution is -0.137. The number of methoxy groups -OCH3 is 1. The van der Waals surface area contributed by atoms with Crippen molar-refractivity contribution >= 4 is 23.6 Å². The van der Waals surface area contributed by atoms with Gasteiger partial charge in [0.25, 0.3) is 0 Å². The van der Waals surface area contributed by atoms with Gasteiger partial charge in [0.1, 0.15) is 0 Å². The summed E-state index contributed by atoms with van der Waals surface area (Å²) in [6.07, 6.45) is -4.46. The molecule has 0 aromatic heterocycles. The van der Waals surface area contributed by atoms with Crippen molar-refractivity contribution in [3.63, 3.8) is 0 Å². The minimum Gasteiger partial charge on any atom is -0.465 e. The molecule has 0 aliphatic carbocycles. The van der Waals surface area contributed by atoms with Crippen molar-refractivity contribution in [3.8, 4) is 0 Å². The molecule has 1 aromatic rings. The number of ether oxygens (including phenoxy) is 1. The van der Waals surface area contributed by atoms with E-state index >= 15 is 0 Å². The van der Waals surface area contributed by atoms with E-state index in [1.165, 1.54) is 0 Å². The predicted molar refractivity (Wildman–Crippen MR) is 55.5 cm³/mol. The summed E-state index contributed by atoms with van der Waals surface area (Å²) < 4.78 is 41.5. The van der Waals surface area contributed by atoms with Crippen LogP contribution in [0.1, 0.15) is 21.5 Å². The van der Waals surface area contributed by atoms with E-state index < -0.39 is 17.7 Å². The number of carbonyl (C=O) groups excluding carboxylic acids is 1. The van der Waals surface area contributed by atoms with Gasteiger partial charge in [0.2, 0.25) is 0 Å². The van der Waals surface area contributed by atoms with E-state index in [4.69, 9.17) is 0 Å². The second-order valence-corrected chi connectivity index (χ2v) is 3.14. The molecule has 0 unspecified atom stereocenters. The van der Waals surface area contributed by atoms with Crippen LogP contribution in [0.2, 0.25) is 0 Å². The van der Waals surface area contributed by atoms with Crippen LogP contribution in [0, 0.1) is 0 Å². The Balaban J connectivity index is 3.27. The molecule has 0 saturated carbocycles. The fourth-order valence-corrected chi connectivity index (χ4v) is 1.33. The molecule has 1 aromatic carbocycles. The average molecular weight is 248 g/mol. The number of thiocarbonyl (C=S) groups is 1. The van der Waals surface area contributed by atoms with Crippen molar-refractivity contribution in [2.75, 3.05) is 7.11 Å². The predicted octanol–water partition coefficient (Wildman–Crippen LogP) is 2.84. The van der Waals surface area contributed by atoms with E-state index in [-0.39, 0.29) is 11.1 Å². The molecule has 16 heavy (non-hydrogen) atoms. The van der Waals surface area contributed by atoms with E-state index in [1.54, 1.807) is 0 Å². The Morgan fingerprint density at radius 1 is 1.44 bits per heavy atom. The van der Waals surface area contributed by atoms with Crippen molar-refractivity contribution < 1.29 is 22.7 Å². The highest BCUT2D eigenvalue weighted by Crippen LogP contribution is 2.30. The first-order chi connectivity index (χ1) is 7.40. The molecule has 86 valence electrons. The molecule has 0 spiro atoms. The molecule has 0 N–H and O–H groups in total. The topological polar surface area (TPSA) is 26.3 Å². The molecule has 0 amide bonds. The number of hydrogen-bond acceptors (Lipinski definition) is 3. The zero-order chi connectivity index (χ0) is 12.3. The van der Waals surface area contributed by atoms with Gasteiger partial charge < -0.3 is 4.74 Å². The Morgan fingerprint density at radius 3 is 2.50 bits per heavy atom. The maximum atomic E-state index is 12.4. The fraction of sp³-hybridized carbons (Fsp3) is 0.200. The van der Waals surface area contributed by atoms with Crippen molar-refractivity contribution in [2.24, 2.45) is 0 Å². The summed E-state index contributed by atoms with van der Waals surface area (Å²) in [7, 11) is 1.15. The van der Waals surface area contributed by atoms with Crippen LogP contribution in [0.4, 0.5) is 13.2 Å². The van der Waals surface area contributed by atoms with Crippen molar-refractivity contribution in [1.82, 2.24) is 0 Å². The summed E-state index contributed by atoms with van der Waals surface area (Å²) in [6, 6.07) is 2.68. The minimum absolute atomic E-state index is 0.0190. The monoisotopic (exact) mass is 248 g/mol. The number of halogens is 3. The zero-order valence-electron chi connectivity index (χ0n) is 8.17. The van der Waals surface area contributed by atoms with Crippen molar-refractivity contribution in [3.05, 3.63) is 34.9 Å². The first kappa shape index (κ1) is 12.6. The van der Waals surface area contributed by atoms with Crippen LogP contribution < -0.4 is 0 Å². The Bertz CT molecular complexity index is 427. The largest absolute Gasteiger partial charge is 0.465 e. The lowest BCUT2D eigenvalue weighted by atomic mass is 10.0. The Labute approximate surface area is 95.0 Å². The number of benzene rings is 1. The van der Waals surface area contributed by atoms with Gasteiger partial charge in [-0.15, -0.1) is 0 Å². The van der Waals surface area contributed by atoms with Gasteiger partial charge in [0.15, 0.2) is 0 Å². The molecule has 2 nitrogen and oxygen atoms in total. The second kappa shape index (κ2) is 4.61. The zero-order valence-corrected chi connectivity index (χ0v) is 8.98. The first-order valence-electron chi connectivity index (χ1n) is 4.15. The van der Waals surface area contributed by atoms with Crippen LogP contribution in [-0.2, 0) is 10.9 Å². The first-order valence-corrected chi connectivity index (χ1v) is 4.62. The van der Waals surface area contributed by atoms with Gasteiger partial charge in [-0.2, -0.15) is 13.2 Å². The van der Waals surface area contributed by atoms with Gasteiger partial charge in [0.05, 0.1) is 18.2 Å². The van der Waals surface area contributed by atoms with E-state index in [0.717, 1.165) is 30.7 Å². The highest BCUT2D eigenvalue weighted by molar-refractivity contribution is 7.79. The SMILES string of the molecule is COC(=O)c1ccc(C(F)(F)F)cc1C=S. The highest BCUT2D eigenvalue weighted by Gasteiger charge is 2.31. The van der Waals surface area contributed by atoms with Crippen LogP contribution >= 0.6 is 12.2 Å². The molecule has 1 rings (SSSR count). The fourth-order valence-electron chi connectivity index (χ4n) is 1.13. The van der Waals surface area contributed by atoms with Gasteiger partial charge in [-0.1, -0.05) is 12.2 Å². The van der Waals surface area contributed by atoms with Gasteiger partial charge in [-0.05, 0) is 18.2 Å². The summed E-state index contributed by atoms with van der Waals surface area (Å²) in [4.78, 5) is 11.2. The molecule has 0 heterocycles. The maximum Gasteiger partial charge on any atom is 0.416 e. The minimum atomic E-state index is -4.46. The number of hydrogen-bond donors (Lipinski definition) is 0. The van der Waals surface area contributed by atoms with E-state index in [9.17, 15) is 18.0 Å². The molecule has 0 radical (unpaired) electrons. The van der Waals surface area contributed by atoms with E-state index in [0.29, 0.717) is 0 Å². The molecular weight excluding hydrogens is 241 g/mol. The van der Waals surface area contributed by atoms with Crippen LogP contribution in [0.5, 0.6) is 0 Å². The van der Waals surface area contributed by atoms with E-state index in [2.05, 4.69) is 17.0 Å². The standard InChI is InChI=1S/C10H7F3O2S/c1-15-9(14)8-3-2-7(10(11,12)13)4-6(8)5-16/h2-5H,1H3. The Morgan fingerprint density at radius 2 is 2.06 bits per heavy atom. The molecule has 0 bridgehead atoms. The van der Waals surface area contributed by atoms with Crippen LogP contribution in [0.25, 0.3) is 0 Å². The van der Waals surface area contributed by atoms with Gasteiger partial charge in [-0.3, -0.25) is 0 Å². The van der Waals surface area contributed by atoms with Crippen LogP contribution in [-0.4, -0.2) is 18.4 Å². The molecule has 6 heteroatoms. The average Bonchev–Trinajstić information content (AvgIpc) is 2.26. The third-order valence-electron chi connectivity index (χ3n) is 1.91. The van der Waals surface area contributed by atoms with Gasteiger partial charge >= 0.3 is 12.1 Å². The summed E-state index contributed by atoms with van der Waals surface area (Å²) in [6.45, 7) is 0. The molecule has 0 aliphatic rings. The quantitative estimate of drug-likeness (QED) is 0.594. The summed E-state index contributed by atoms with van der Waals surface area (Å²) in [5, 5.41) is 1.02. The summed E-state index contributed by atoms with van der Waals surface area (Å²) >= 11 is 4.56. The third kappa shape index (κ3) is 2.57. The van der Waals surface area contributed by atoms with Crippen molar-refractivity contribution in [2.45, 2.75) is 6.18 Å². The molecule has 0 fully saturated rings. The van der Waals surface area contributed by atoms with Crippen LogP contribution in [0.3, 0.4) is 0 Å². The Hall–Kier alpha value is -1.43. The van der Waals surface area contributed by atoms with Gasteiger partial charge in [0, 0.05) is 10.9 Å². The second-order valence-electron chi connectivity index (χ2n) is 2.91. The van der Waals surface area contributed by atoms with Crippen molar-refractivity contribution in [1.29, 1.82) is 0 Å². The normalized spacial score (nSPS) is 11.0. The molecule has 0 aliphatic heterocycles. The number of esters is 1. The number of alkyl halides is 3. The summed E-state index contributed by atoms with van der Waals surface area (Å²) in [5.74, 6) is -0.718. The summed E-state index contributed by atoms with van der Waals surface area (Å²) in [5.41, 5.74) is -0.807. The molecular formula is C10H7F3O2S. The number of rotatable bonds is 2. The number of carbonyl (C=O) groups is 1. The maximum absolute atomic E-state index is 12.4. The highest BCUT2D eigenvalue weighted by atomic mass is 32.1.